The Morgan fingerprint density at radius 2 is 2.21 bits per heavy atom. The Kier molecular flexibility index (Phi) is 3.38. The van der Waals surface area contributed by atoms with Crippen molar-refractivity contribution >= 4 is 33.8 Å². The number of benzene rings is 1. The largest absolute Gasteiger partial charge is 0.393 e. The summed E-state index contributed by atoms with van der Waals surface area (Å²) in [5, 5.41) is 21.8. The molecule has 0 aliphatic carbocycles. The van der Waals surface area contributed by atoms with Gasteiger partial charge in [-0.15, -0.1) is 10.2 Å². The molecular formula is C10H9N5O3S. The molecule has 2 aromatic rings. The van der Waals surface area contributed by atoms with Gasteiger partial charge in [-0.3, -0.25) is 20.2 Å². The van der Waals surface area contributed by atoms with E-state index < -0.39 is 10.8 Å². The molecule has 0 spiro atoms. The Labute approximate surface area is 111 Å². The summed E-state index contributed by atoms with van der Waals surface area (Å²) < 4.78 is 0. The zero-order chi connectivity index (χ0) is 14.0. The predicted octanol–water partition coefficient (Wildman–Crippen LogP) is 1.59. The maximum atomic E-state index is 11.9. The highest BCUT2D eigenvalue weighted by atomic mass is 32.1. The van der Waals surface area contributed by atoms with E-state index in [1.165, 1.54) is 23.5 Å². The Morgan fingerprint density at radius 3 is 2.79 bits per heavy atom. The van der Waals surface area contributed by atoms with Gasteiger partial charge in [-0.25, -0.2) is 0 Å². The zero-order valence-corrected chi connectivity index (χ0v) is 10.6. The van der Waals surface area contributed by atoms with E-state index in [0.717, 1.165) is 6.07 Å². The van der Waals surface area contributed by atoms with E-state index in [1.807, 2.05) is 0 Å². The minimum Gasteiger partial charge on any atom is -0.393 e. The van der Waals surface area contributed by atoms with Crippen molar-refractivity contribution < 1.29 is 9.72 Å². The molecule has 0 fully saturated rings. The Bertz CT molecular complexity index is 654. The molecule has 8 nitrogen and oxygen atoms in total. The Morgan fingerprint density at radius 1 is 1.47 bits per heavy atom. The molecule has 0 aliphatic heterocycles. The number of carbonyl (C=O) groups excluding carboxylic acids is 1. The van der Waals surface area contributed by atoms with Crippen molar-refractivity contribution in [3.8, 4) is 0 Å². The molecule has 1 amide bonds. The van der Waals surface area contributed by atoms with Crippen LogP contribution in [-0.2, 0) is 0 Å². The number of nitro benzene ring substituents is 1. The first-order valence-corrected chi connectivity index (χ1v) is 5.94. The van der Waals surface area contributed by atoms with Crippen LogP contribution < -0.4 is 11.1 Å². The van der Waals surface area contributed by atoms with E-state index in [-0.39, 0.29) is 16.9 Å². The second-order valence-corrected chi connectivity index (χ2v) is 4.79. The number of hydrogen-bond acceptors (Lipinski definition) is 7. The predicted molar refractivity (Wildman–Crippen MR) is 70.1 cm³/mol. The highest BCUT2D eigenvalue weighted by molar-refractivity contribution is 7.15. The lowest BCUT2D eigenvalue weighted by atomic mass is 10.1. The average Bonchev–Trinajstić information content (AvgIpc) is 2.74. The Hall–Kier alpha value is -2.55. The van der Waals surface area contributed by atoms with Crippen molar-refractivity contribution in [1.29, 1.82) is 0 Å². The van der Waals surface area contributed by atoms with Crippen LogP contribution in [0.25, 0.3) is 0 Å². The lowest BCUT2D eigenvalue weighted by Gasteiger charge is -2.02. The lowest BCUT2D eigenvalue weighted by molar-refractivity contribution is -0.383. The molecule has 19 heavy (non-hydrogen) atoms. The third-order valence-electron chi connectivity index (χ3n) is 2.24. The molecule has 0 radical (unpaired) electrons. The van der Waals surface area contributed by atoms with Crippen LogP contribution in [0.3, 0.4) is 0 Å². The smallest absolute Gasteiger partial charge is 0.292 e. The van der Waals surface area contributed by atoms with Gasteiger partial charge in [-0.2, -0.15) is 0 Å². The van der Waals surface area contributed by atoms with E-state index in [9.17, 15) is 14.9 Å². The number of nitro groups is 1. The standard InChI is InChI=1S/C10H9N5O3S/c1-5-13-14-10(19-5)12-9(16)6-2-3-7(11)8(4-6)15(17)18/h2-4H,11H2,1H3,(H,12,14,16). The third kappa shape index (κ3) is 2.83. The van der Waals surface area contributed by atoms with Crippen molar-refractivity contribution in [2.24, 2.45) is 0 Å². The van der Waals surface area contributed by atoms with Crippen LogP contribution in [0.5, 0.6) is 0 Å². The van der Waals surface area contributed by atoms with Crippen molar-refractivity contribution in [3.63, 3.8) is 0 Å². The molecule has 0 unspecified atom stereocenters. The van der Waals surface area contributed by atoms with Gasteiger partial charge < -0.3 is 5.73 Å². The first-order valence-electron chi connectivity index (χ1n) is 5.13. The summed E-state index contributed by atoms with van der Waals surface area (Å²) in [6.07, 6.45) is 0. The van der Waals surface area contributed by atoms with E-state index in [2.05, 4.69) is 15.5 Å². The number of nitrogens with zero attached hydrogens (tertiary/aromatic N) is 3. The third-order valence-corrected chi connectivity index (χ3v) is 2.99. The van der Waals surface area contributed by atoms with Crippen LogP contribution in [0.15, 0.2) is 18.2 Å². The summed E-state index contributed by atoms with van der Waals surface area (Å²) in [5.74, 6) is -0.501. The van der Waals surface area contributed by atoms with Gasteiger partial charge in [0.05, 0.1) is 4.92 Å². The summed E-state index contributed by atoms with van der Waals surface area (Å²) in [4.78, 5) is 22.0. The summed E-state index contributed by atoms with van der Waals surface area (Å²) in [7, 11) is 0. The van der Waals surface area contributed by atoms with Crippen molar-refractivity contribution in [1.82, 2.24) is 10.2 Å². The minimum atomic E-state index is -0.638. The normalized spacial score (nSPS) is 10.2. The molecule has 1 aromatic carbocycles. The number of amides is 1. The molecule has 9 heteroatoms. The molecule has 0 aliphatic rings. The zero-order valence-electron chi connectivity index (χ0n) is 9.78. The number of hydrogen-bond donors (Lipinski definition) is 2. The molecule has 3 N–H and O–H groups in total. The molecule has 1 aromatic heterocycles. The van der Waals surface area contributed by atoms with Gasteiger partial charge in [0.2, 0.25) is 5.13 Å². The number of nitrogen functional groups attached to an aromatic ring is 1. The maximum Gasteiger partial charge on any atom is 0.292 e. The van der Waals surface area contributed by atoms with Crippen LogP contribution in [-0.4, -0.2) is 21.0 Å². The molecule has 0 atom stereocenters. The van der Waals surface area contributed by atoms with Crippen LogP contribution in [0, 0.1) is 17.0 Å². The van der Waals surface area contributed by atoms with Crippen LogP contribution in [0.4, 0.5) is 16.5 Å². The van der Waals surface area contributed by atoms with Gasteiger partial charge in [-0.1, -0.05) is 11.3 Å². The second-order valence-electron chi connectivity index (χ2n) is 3.61. The first-order chi connectivity index (χ1) is 8.97. The van der Waals surface area contributed by atoms with Crippen molar-refractivity contribution in [2.75, 3.05) is 11.1 Å². The highest BCUT2D eigenvalue weighted by Gasteiger charge is 2.16. The number of nitrogens with one attached hydrogen (secondary N) is 1. The summed E-state index contributed by atoms with van der Waals surface area (Å²) in [6, 6.07) is 3.85. The number of aryl methyl sites for hydroxylation is 1. The van der Waals surface area contributed by atoms with Gasteiger partial charge in [0.15, 0.2) is 0 Å². The topological polar surface area (TPSA) is 124 Å². The number of carbonyl (C=O) groups is 1. The van der Waals surface area contributed by atoms with Crippen LogP contribution in [0.2, 0.25) is 0 Å². The SMILES string of the molecule is Cc1nnc(NC(=O)c2ccc(N)c([N+](=O)[O-])c2)s1. The van der Waals surface area contributed by atoms with Crippen LogP contribution >= 0.6 is 11.3 Å². The summed E-state index contributed by atoms with van der Waals surface area (Å²) >= 11 is 1.21. The summed E-state index contributed by atoms with van der Waals surface area (Å²) in [5.41, 5.74) is 5.29. The molecular weight excluding hydrogens is 270 g/mol. The number of aromatic nitrogens is 2. The number of nitrogens with two attached hydrogens (primary N) is 1. The van der Waals surface area contributed by atoms with Gasteiger partial charge in [0, 0.05) is 11.6 Å². The Balaban J connectivity index is 2.24. The molecule has 0 bridgehead atoms. The van der Waals surface area contributed by atoms with E-state index in [4.69, 9.17) is 5.73 Å². The fraction of sp³-hybridized carbons (Fsp3) is 0.100. The van der Waals surface area contributed by atoms with Crippen molar-refractivity contribution in [2.45, 2.75) is 6.92 Å². The number of rotatable bonds is 3. The average molecular weight is 279 g/mol. The fourth-order valence-electron chi connectivity index (χ4n) is 1.36. The van der Waals surface area contributed by atoms with E-state index in [0.29, 0.717) is 10.1 Å². The highest BCUT2D eigenvalue weighted by Crippen LogP contribution is 2.23. The maximum absolute atomic E-state index is 11.9. The quantitative estimate of drug-likeness (QED) is 0.499. The second kappa shape index (κ2) is 4.98. The molecule has 2 rings (SSSR count). The van der Waals surface area contributed by atoms with Gasteiger partial charge in [0.25, 0.3) is 11.6 Å². The van der Waals surface area contributed by atoms with Gasteiger partial charge >= 0.3 is 0 Å². The van der Waals surface area contributed by atoms with E-state index >= 15 is 0 Å². The van der Waals surface area contributed by atoms with Crippen molar-refractivity contribution in [3.05, 3.63) is 38.9 Å². The van der Waals surface area contributed by atoms with Crippen LogP contribution in [0.1, 0.15) is 15.4 Å². The molecule has 0 saturated heterocycles. The monoisotopic (exact) mass is 279 g/mol. The fourth-order valence-corrected chi connectivity index (χ4v) is 1.95. The van der Waals surface area contributed by atoms with Gasteiger partial charge in [-0.05, 0) is 19.1 Å². The first kappa shape index (κ1) is 12.9. The molecule has 98 valence electrons. The minimum absolute atomic E-state index is 0.00769. The van der Waals surface area contributed by atoms with Gasteiger partial charge in [0.1, 0.15) is 10.7 Å². The molecule has 1 heterocycles. The molecule has 0 saturated carbocycles. The lowest BCUT2D eigenvalue weighted by Crippen LogP contribution is -2.12. The summed E-state index contributed by atoms with van der Waals surface area (Å²) in [6.45, 7) is 1.75. The number of anilines is 2. The van der Waals surface area contributed by atoms with E-state index in [1.54, 1.807) is 6.92 Å².